The van der Waals surface area contributed by atoms with Crippen LogP contribution in [-0.2, 0) is 0 Å². The number of hydrogen-bond donors (Lipinski definition) is 2. The third-order valence-corrected chi connectivity index (χ3v) is 3.63. The Morgan fingerprint density at radius 2 is 2.11 bits per heavy atom. The van der Waals surface area contributed by atoms with E-state index in [1.807, 2.05) is 0 Å². The number of benzene rings is 1. The molecule has 1 aromatic carbocycles. The maximum absolute atomic E-state index is 13.2. The number of nitrogens with one attached hydrogen (secondary N) is 1. The second-order valence-corrected chi connectivity index (χ2v) is 4.91. The summed E-state index contributed by atoms with van der Waals surface area (Å²) in [5, 5.41) is 12.3. The van der Waals surface area contributed by atoms with Crippen molar-refractivity contribution in [3.05, 3.63) is 34.6 Å². The fraction of sp³-hybridized carbons (Fsp3) is 0.462. The molecule has 1 aromatic rings. The van der Waals surface area contributed by atoms with Crippen LogP contribution in [0.4, 0.5) is 4.39 Å². The van der Waals surface area contributed by atoms with Crippen molar-refractivity contribution in [2.75, 3.05) is 0 Å². The zero-order valence-electron chi connectivity index (χ0n) is 9.83. The van der Waals surface area contributed by atoms with Gasteiger partial charge >= 0.3 is 0 Å². The van der Waals surface area contributed by atoms with E-state index in [1.165, 1.54) is 18.2 Å². The van der Waals surface area contributed by atoms with Crippen LogP contribution in [0.25, 0.3) is 0 Å². The van der Waals surface area contributed by atoms with Gasteiger partial charge in [-0.05, 0) is 25.0 Å². The highest BCUT2D eigenvalue weighted by Crippen LogP contribution is 2.22. The lowest BCUT2D eigenvalue weighted by atomic mass is 9.92. The Morgan fingerprint density at radius 3 is 2.83 bits per heavy atom. The number of rotatable bonds is 2. The van der Waals surface area contributed by atoms with E-state index in [0.29, 0.717) is 6.42 Å². The van der Waals surface area contributed by atoms with Crippen LogP contribution in [0.15, 0.2) is 18.2 Å². The van der Waals surface area contributed by atoms with Crippen molar-refractivity contribution in [1.82, 2.24) is 5.32 Å². The van der Waals surface area contributed by atoms with Gasteiger partial charge in [-0.2, -0.15) is 0 Å². The molecule has 2 N–H and O–H groups in total. The molecule has 0 aliphatic heterocycles. The number of aliphatic hydroxyl groups is 1. The predicted molar refractivity (Wildman–Crippen MR) is 67.1 cm³/mol. The Morgan fingerprint density at radius 1 is 1.39 bits per heavy atom. The van der Waals surface area contributed by atoms with Crippen LogP contribution >= 0.6 is 11.6 Å². The molecular formula is C13H15ClFNO2. The van der Waals surface area contributed by atoms with Gasteiger partial charge < -0.3 is 10.4 Å². The van der Waals surface area contributed by atoms with Crippen LogP contribution in [0.2, 0.25) is 5.02 Å². The molecule has 0 heterocycles. The molecule has 1 saturated carbocycles. The summed E-state index contributed by atoms with van der Waals surface area (Å²) >= 11 is 5.74. The highest BCUT2D eigenvalue weighted by atomic mass is 35.5. The van der Waals surface area contributed by atoms with E-state index in [4.69, 9.17) is 11.6 Å². The molecule has 0 radical (unpaired) electrons. The van der Waals surface area contributed by atoms with Gasteiger partial charge in [0, 0.05) is 0 Å². The normalized spacial score (nSPS) is 23.7. The Bertz CT molecular complexity index is 453. The first kappa shape index (κ1) is 13.3. The molecule has 1 aliphatic rings. The third kappa shape index (κ3) is 2.82. The zero-order valence-corrected chi connectivity index (χ0v) is 10.6. The first-order valence-corrected chi connectivity index (χ1v) is 6.40. The molecule has 98 valence electrons. The van der Waals surface area contributed by atoms with Crippen LogP contribution < -0.4 is 5.32 Å². The number of aliphatic hydroxyl groups excluding tert-OH is 1. The minimum absolute atomic E-state index is 0.106. The molecule has 1 fully saturated rings. The summed E-state index contributed by atoms with van der Waals surface area (Å²) in [6.45, 7) is 0. The van der Waals surface area contributed by atoms with E-state index in [-0.39, 0.29) is 16.6 Å². The van der Waals surface area contributed by atoms with Crippen LogP contribution in [0.3, 0.4) is 0 Å². The first-order chi connectivity index (χ1) is 8.59. The van der Waals surface area contributed by atoms with Gasteiger partial charge in [-0.3, -0.25) is 4.79 Å². The topological polar surface area (TPSA) is 49.3 Å². The highest BCUT2D eigenvalue weighted by Gasteiger charge is 2.25. The summed E-state index contributed by atoms with van der Waals surface area (Å²) in [5.41, 5.74) is 0.106. The van der Waals surface area contributed by atoms with Crippen LogP contribution in [0, 0.1) is 5.82 Å². The molecule has 0 saturated heterocycles. The van der Waals surface area contributed by atoms with Crippen molar-refractivity contribution in [3.63, 3.8) is 0 Å². The largest absolute Gasteiger partial charge is 0.391 e. The van der Waals surface area contributed by atoms with Gasteiger partial charge in [0.2, 0.25) is 0 Å². The average molecular weight is 272 g/mol. The SMILES string of the molecule is O=C(N[C@@H]1CCCC[C@H]1O)c1cccc(F)c1Cl. The number of amides is 1. The smallest absolute Gasteiger partial charge is 0.253 e. The molecule has 2 rings (SSSR count). The maximum atomic E-state index is 13.2. The minimum atomic E-state index is -0.617. The summed E-state index contributed by atoms with van der Waals surface area (Å²) in [7, 11) is 0. The van der Waals surface area contributed by atoms with Crippen molar-refractivity contribution in [2.45, 2.75) is 37.8 Å². The molecular weight excluding hydrogens is 257 g/mol. The van der Waals surface area contributed by atoms with Crippen molar-refractivity contribution < 1.29 is 14.3 Å². The number of carbonyl (C=O) groups excluding carboxylic acids is 1. The van der Waals surface area contributed by atoms with Crippen molar-refractivity contribution in [1.29, 1.82) is 0 Å². The van der Waals surface area contributed by atoms with Gasteiger partial charge in [-0.1, -0.05) is 30.5 Å². The molecule has 0 aromatic heterocycles. The number of halogens is 2. The Hall–Kier alpha value is -1.13. The van der Waals surface area contributed by atoms with E-state index in [9.17, 15) is 14.3 Å². The summed E-state index contributed by atoms with van der Waals surface area (Å²) < 4.78 is 13.2. The van der Waals surface area contributed by atoms with Gasteiger partial charge in [0.1, 0.15) is 5.82 Å². The lowest BCUT2D eigenvalue weighted by Crippen LogP contribution is -2.45. The van der Waals surface area contributed by atoms with Crippen LogP contribution in [-0.4, -0.2) is 23.2 Å². The summed E-state index contributed by atoms with van der Waals surface area (Å²) in [6.07, 6.45) is 2.82. The molecule has 3 nitrogen and oxygen atoms in total. The van der Waals surface area contributed by atoms with Crippen molar-refractivity contribution in [2.24, 2.45) is 0 Å². The fourth-order valence-electron chi connectivity index (χ4n) is 2.20. The van der Waals surface area contributed by atoms with E-state index in [1.54, 1.807) is 0 Å². The lowest BCUT2D eigenvalue weighted by molar-refractivity contribution is 0.0717. The average Bonchev–Trinajstić information content (AvgIpc) is 2.35. The molecule has 18 heavy (non-hydrogen) atoms. The molecule has 2 atom stereocenters. The summed E-state index contributed by atoms with van der Waals surface area (Å²) in [5.74, 6) is -1.06. The van der Waals surface area contributed by atoms with Crippen molar-refractivity contribution in [3.8, 4) is 0 Å². The number of hydrogen-bond acceptors (Lipinski definition) is 2. The first-order valence-electron chi connectivity index (χ1n) is 6.02. The van der Waals surface area contributed by atoms with Crippen LogP contribution in [0.5, 0.6) is 0 Å². The van der Waals surface area contributed by atoms with E-state index >= 15 is 0 Å². The Labute approximate surface area is 110 Å². The summed E-state index contributed by atoms with van der Waals surface area (Å²) in [4.78, 5) is 12.0. The van der Waals surface area contributed by atoms with Gasteiger partial charge in [0.15, 0.2) is 0 Å². The molecule has 0 spiro atoms. The molecule has 1 amide bonds. The van der Waals surface area contributed by atoms with E-state index in [2.05, 4.69) is 5.32 Å². The van der Waals surface area contributed by atoms with Gasteiger partial charge in [-0.25, -0.2) is 4.39 Å². The minimum Gasteiger partial charge on any atom is -0.391 e. The highest BCUT2D eigenvalue weighted by molar-refractivity contribution is 6.34. The van der Waals surface area contributed by atoms with Gasteiger partial charge in [0.05, 0.1) is 22.7 Å². The predicted octanol–water partition coefficient (Wildman–Crippen LogP) is 2.51. The number of carbonyl (C=O) groups is 1. The van der Waals surface area contributed by atoms with Crippen molar-refractivity contribution >= 4 is 17.5 Å². The maximum Gasteiger partial charge on any atom is 0.253 e. The second-order valence-electron chi connectivity index (χ2n) is 4.53. The van der Waals surface area contributed by atoms with Gasteiger partial charge in [-0.15, -0.1) is 0 Å². The van der Waals surface area contributed by atoms with Crippen LogP contribution in [0.1, 0.15) is 36.0 Å². The fourth-order valence-corrected chi connectivity index (χ4v) is 2.42. The van der Waals surface area contributed by atoms with Gasteiger partial charge in [0.25, 0.3) is 5.91 Å². The Balaban J connectivity index is 2.09. The lowest BCUT2D eigenvalue weighted by Gasteiger charge is -2.28. The third-order valence-electron chi connectivity index (χ3n) is 3.24. The standard InChI is InChI=1S/C13H15ClFNO2/c14-12-8(4-3-5-9(12)15)13(18)16-10-6-1-2-7-11(10)17/h3-5,10-11,17H,1-2,6-7H2,(H,16,18)/t10-,11-/m1/s1. The molecule has 1 aliphatic carbocycles. The summed E-state index contributed by atoms with van der Waals surface area (Å²) in [6, 6.07) is 3.84. The van der Waals surface area contributed by atoms with E-state index < -0.39 is 17.8 Å². The Kier molecular flexibility index (Phi) is 4.19. The zero-order chi connectivity index (χ0) is 13.1. The second kappa shape index (κ2) is 5.67. The monoisotopic (exact) mass is 271 g/mol. The quantitative estimate of drug-likeness (QED) is 0.868. The molecule has 0 bridgehead atoms. The van der Waals surface area contributed by atoms with E-state index in [0.717, 1.165) is 19.3 Å². The molecule has 0 unspecified atom stereocenters. The molecule has 5 heteroatoms.